The fraction of sp³-hybridized carbons (Fsp3) is 0.579. The Hall–Kier alpha value is -2.06. The molecule has 1 amide bonds. The van der Waals surface area contributed by atoms with E-state index in [0.29, 0.717) is 6.04 Å². The molecule has 0 aromatic heterocycles. The first kappa shape index (κ1) is 16.8. The molecule has 2 aliphatic rings. The van der Waals surface area contributed by atoms with Gasteiger partial charge in [-0.3, -0.25) is 9.69 Å². The zero-order valence-electron chi connectivity index (χ0n) is 14.6. The predicted molar refractivity (Wildman–Crippen MR) is 91.4 cm³/mol. The molecule has 1 saturated carbocycles. The van der Waals surface area contributed by atoms with Crippen molar-refractivity contribution in [2.75, 3.05) is 13.7 Å². The van der Waals surface area contributed by atoms with Crippen molar-refractivity contribution in [1.82, 2.24) is 10.2 Å². The third kappa shape index (κ3) is 3.25. The molecule has 0 bridgehead atoms. The number of nitriles is 1. The summed E-state index contributed by atoms with van der Waals surface area (Å²) in [6, 6.07) is 11.0. The molecule has 2 fully saturated rings. The Balaban J connectivity index is 1.85. The standard InChI is InChI=1S/C19H25N3O2/c1-19(2,12-20)18(23)21-16-9-10-22(14-7-8-14)17(16)13-5-4-6-15(11-13)24-3/h4-6,11,14,16-17H,7-10H2,1-3H3,(H,21,23). The number of rotatable bonds is 5. The monoisotopic (exact) mass is 327 g/mol. The van der Waals surface area contributed by atoms with Gasteiger partial charge in [-0.05, 0) is 50.8 Å². The summed E-state index contributed by atoms with van der Waals surface area (Å²) < 4.78 is 5.36. The summed E-state index contributed by atoms with van der Waals surface area (Å²) in [5.74, 6) is 0.637. The number of hydrogen-bond acceptors (Lipinski definition) is 4. The largest absolute Gasteiger partial charge is 0.497 e. The van der Waals surface area contributed by atoms with Crippen molar-refractivity contribution in [2.24, 2.45) is 5.41 Å². The number of carbonyl (C=O) groups is 1. The minimum absolute atomic E-state index is 0.0258. The first-order chi connectivity index (χ1) is 11.5. The van der Waals surface area contributed by atoms with Crippen molar-refractivity contribution >= 4 is 5.91 Å². The molecule has 1 N–H and O–H groups in total. The number of benzene rings is 1. The normalized spacial score (nSPS) is 24.4. The number of nitrogens with one attached hydrogen (secondary N) is 1. The first-order valence-electron chi connectivity index (χ1n) is 8.58. The molecule has 128 valence electrons. The Bertz CT molecular complexity index is 661. The lowest BCUT2D eigenvalue weighted by Crippen LogP contribution is -2.45. The highest BCUT2D eigenvalue weighted by molar-refractivity contribution is 5.84. The first-order valence-corrected chi connectivity index (χ1v) is 8.58. The van der Waals surface area contributed by atoms with E-state index in [0.717, 1.165) is 18.7 Å². The molecule has 5 heteroatoms. The smallest absolute Gasteiger partial charge is 0.240 e. The van der Waals surface area contributed by atoms with E-state index in [-0.39, 0.29) is 18.0 Å². The van der Waals surface area contributed by atoms with Crippen LogP contribution in [0, 0.1) is 16.7 Å². The summed E-state index contributed by atoms with van der Waals surface area (Å²) >= 11 is 0. The maximum Gasteiger partial charge on any atom is 0.240 e. The van der Waals surface area contributed by atoms with Gasteiger partial charge in [0.05, 0.1) is 19.2 Å². The number of likely N-dealkylation sites (tertiary alicyclic amines) is 1. The molecular formula is C19H25N3O2. The van der Waals surface area contributed by atoms with Crippen molar-refractivity contribution in [1.29, 1.82) is 5.26 Å². The molecule has 1 aliphatic carbocycles. The fourth-order valence-corrected chi connectivity index (χ4v) is 3.43. The van der Waals surface area contributed by atoms with Crippen LogP contribution in [0.5, 0.6) is 5.75 Å². The van der Waals surface area contributed by atoms with Crippen LogP contribution in [-0.4, -0.2) is 36.5 Å². The van der Waals surface area contributed by atoms with Gasteiger partial charge in [0.1, 0.15) is 11.2 Å². The quantitative estimate of drug-likeness (QED) is 0.903. The van der Waals surface area contributed by atoms with Crippen LogP contribution < -0.4 is 10.1 Å². The molecule has 3 rings (SSSR count). The average Bonchev–Trinajstić information content (AvgIpc) is 3.35. The molecule has 0 radical (unpaired) electrons. The molecule has 1 saturated heterocycles. The molecule has 2 unspecified atom stereocenters. The Morgan fingerprint density at radius 3 is 2.75 bits per heavy atom. The second kappa shape index (κ2) is 6.45. The summed E-state index contributed by atoms with van der Waals surface area (Å²) in [6.45, 7) is 4.30. The Morgan fingerprint density at radius 2 is 2.12 bits per heavy atom. The minimum Gasteiger partial charge on any atom is -0.497 e. The van der Waals surface area contributed by atoms with Crippen molar-refractivity contribution in [3.63, 3.8) is 0 Å². The molecule has 1 aromatic carbocycles. The van der Waals surface area contributed by atoms with Gasteiger partial charge in [0.25, 0.3) is 0 Å². The topological polar surface area (TPSA) is 65.4 Å². The molecule has 1 aliphatic heterocycles. The van der Waals surface area contributed by atoms with Gasteiger partial charge in [-0.1, -0.05) is 12.1 Å². The van der Waals surface area contributed by atoms with Gasteiger partial charge in [0, 0.05) is 18.6 Å². The number of carbonyl (C=O) groups excluding carboxylic acids is 1. The Morgan fingerprint density at radius 1 is 1.38 bits per heavy atom. The Kier molecular flexibility index (Phi) is 4.51. The molecule has 1 heterocycles. The van der Waals surface area contributed by atoms with Crippen LogP contribution in [0.4, 0.5) is 0 Å². The average molecular weight is 327 g/mol. The van der Waals surface area contributed by atoms with Crippen LogP contribution in [0.1, 0.15) is 44.7 Å². The number of methoxy groups -OCH3 is 1. The van der Waals surface area contributed by atoms with Crippen molar-refractivity contribution in [3.05, 3.63) is 29.8 Å². The van der Waals surface area contributed by atoms with Gasteiger partial charge in [-0.25, -0.2) is 0 Å². The van der Waals surface area contributed by atoms with Gasteiger partial charge in [-0.2, -0.15) is 5.26 Å². The molecule has 0 spiro atoms. The second-order valence-corrected chi connectivity index (χ2v) is 7.30. The van der Waals surface area contributed by atoms with Crippen molar-refractivity contribution in [3.8, 4) is 11.8 Å². The maximum atomic E-state index is 12.5. The second-order valence-electron chi connectivity index (χ2n) is 7.30. The van der Waals surface area contributed by atoms with E-state index in [4.69, 9.17) is 4.74 Å². The van der Waals surface area contributed by atoms with Gasteiger partial charge in [0.15, 0.2) is 0 Å². The van der Waals surface area contributed by atoms with Crippen molar-refractivity contribution in [2.45, 2.75) is 51.2 Å². The predicted octanol–water partition coefficient (Wildman–Crippen LogP) is 2.64. The van der Waals surface area contributed by atoms with E-state index < -0.39 is 5.41 Å². The highest BCUT2D eigenvalue weighted by Crippen LogP contribution is 2.41. The minimum atomic E-state index is -1.01. The molecular weight excluding hydrogens is 302 g/mol. The highest BCUT2D eigenvalue weighted by Gasteiger charge is 2.44. The third-order valence-corrected chi connectivity index (χ3v) is 5.05. The number of ether oxygens (including phenoxy) is 1. The highest BCUT2D eigenvalue weighted by atomic mass is 16.5. The van der Waals surface area contributed by atoms with E-state index in [1.807, 2.05) is 12.1 Å². The van der Waals surface area contributed by atoms with E-state index in [9.17, 15) is 10.1 Å². The summed E-state index contributed by atoms with van der Waals surface area (Å²) in [5, 5.41) is 12.3. The lowest BCUT2D eigenvalue weighted by Gasteiger charge is -2.30. The zero-order chi connectivity index (χ0) is 17.3. The van der Waals surface area contributed by atoms with Gasteiger partial charge in [0.2, 0.25) is 5.91 Å². The molecule has 24 heavy (non-hydrogen) atoms. The van der Waals surface area contributed by atoms with Crippen LogP contribution in [-0.2, 0) is 4.79 Å². The van der Waals surface area contributed by atoms with Gasteiger partial charge >= 0.3 is 0 Å². The zero-order valence-corrected chi connectivity index (χ0v) is 14.6. The molecule has 1 aromatic rings. The summed E-state index contributed by atoms with van der Waals surface area (Å²) in [5.41, 5.74) is 0.158. The number of amides is 1. The van der Waals surface area contributed by atoms with Gasteiger partial charge in [-0.15, -0.1) is 0 Å². The maximum absolute atomic E-state index is 12.5. The fourth-order valence-electron chi connectivity index (χ4n) is 3.43. The summed E-state index contributed by atoms with van der Waals surface area (Å²) in [7, 11) is 1.67. The van der Waals surface area contributed by atoms with Crippen molar-refractivity contribution < 1.29 is 9.53 Å². The van der Waals surface area contributed by atoms with E-state index in [1.165, 1.54) is 18.4 Å². The number of hydrogen-bond donors (Lipinski definition) is 1. The SMILES string of the molecule is COc1cccc(C2C(NC(=O)C(C)(C)C#N)CCN2C2CC2)c1. The lowest BCUT2D eigenvalue weighted by molar-refractivity contribution is -0.127. The summed E-state index contributed by atoms with van der Waals surface area (Å²) in [4.78, 5) is 15.0. The van der Waals surface area contributed by atoms with Crippen LogP contribution in [0.3, 0.4) is 0 Å². The lowest BCUT2D eigenvalue weighted by atomic mass is 9.92. The van der Waals surface area contributed by atoms with Crippen LogP contribution >= 0.6 is 0 Å². The van der Waals surface area contributed by atoms with Crippen LogP contribution in [0.2, 0.25) is 0 Å². The molecule has 5 nitrogen and oxygen atoms in total. The van der Waals surface area contributed by atoms with E-state index in [2.05, 4.69) is 28.4 Å². The molecule has 2 atom stereocenters. The third-order valence-electron chi connectivity index (χ3n) is 5.05. The van der Waals surface area contributed by atoms with Crippen LogP contribution in [0.25, 0.3) is 0 Å². The summed E-state index contributed by atoms with van der Waals surface area (Å²) in [6.07, 6.45) is 3.36. The Labute approximate surface area is 143 Å². The van der Waals surface area contributed by atoms with Crippen LogP contribution in [0.15, 0.2) is 24.3 Å². The number of nitrogens with zero attached hydrogens (tertiary/aromatic N) is 2. The van der Waals surface area contributed by atoms with E-state index in [1.54, 1.807) is 21.0 Å². The van der Waals surface area contributed by atoms with Gasteiger partial charge < -0.3 is 10.1 Å². The van der Waals surface area contributed by atoms with E-state index >= 15 is 0 Å².